The zero-order valence-corrected chi connectivity index (χ0v) is 44.8. The fraction of sp³-hybridized carbons (Fsp3) is 0.354. The third-order valence-electron chi connectivity index (χ3n) is 12.6. The quantitative estimate of drug-likeness (QED) is 0.0165. The first-order chi connectivity index (χ1) is 37.8. The molecular weight excluding hydrogens is 969 g/mol. The van der Waals surface area contributed by atoms with E-state index >= 15 is 0 Å². The Labute approximate surface area is 454 Å². The summed E-state index contributed by atoms with van der Waals surface area (Å²) in [7, 11) is 0. The van der Waals surface area contributed by atoms with Gasteiger partial charge in [-0.1, -0.05) is 104 Å². The molecule has 0 aliphatic carbocycles. The predicted molar refractivity (Wildman–Crippen MR) is 304 cm³/mol. The molecule has 77 heavy (non-hydrogen) atoms. The highest BCUT2D eigenvalue weighted by atomic mass is 16.6. The number of nitrogens with zero attached hydrogens (tertiary/aromatic N) is 2. The van der Waals surface area contributed by atoms with E-state index in [1.54, 1.807) is 158 Å². The van der Waals surface area contributed by atoms with Gasteiger partial charge >= 0.3 is 23.9 Å². The van der Waals surface area contributed by atoms with Crippen LogP contribution in [0.25, 0.3) is 0 Å². The van der Waals surface area contributed by atoms with Gasteiger partial charge in [0.15, 0.2) is 0 Å². The van der Waals surface area contributed by atoms with Crippen molar-refractivity contribution in [2.24, 2.45) is 9.98 Å². The van der Waals surface area contributed by atoms with Crippen molar-refractivity contribution in [1.29, 1.82) is 0 Å². The summed E-state index contributed by atoms with van der Waals surface area (Å²) >= 11 is 0. The molecular formula is C65H74N2O10. The van der Waals surface area contributed by atoms with E-state index in [1.165, 1.54) is 77.0 Å². The summed E-state index contributed by atoms with van der Waals surface area (Å²) in [5.41, 5.74) is 4.45. The highest BCUT2D eigenvalue weighted by molar-refractivity contribution is 5.93. The van der Waals surface area contributed by atoms with Crippen LogP contribution in [0.15, 0.2) is 156 Å². The van der Waals surface area contributed by atoms with E-state index in [-0.39, 0.29) is 13.2 Å². The molecule has 404 valence electrons. The number of ether oxygens (including phenoxy) is 6. The first-order valence-electron chi connectivity index (χ1n) is 27.5. The Hall–Kier alpha value is -7.86. The van der Waals surface area contributed by atoms with Crippen molar-refractivity contribution in [1.82, 2.24) is 0 Å². The molecule has 6 aromatic rings. The summed E-state index contributed by atoms with van der Waals surface area (Å²) in [6, 6.07) is 41.4. The van der Waals surface area contributed by atoms with Crippen molar-refractivity contribution in [3.05, 3.63) is 179 Å². The Balaban J connectivity index is 0.813. The fourth-order valence-corrected chi connectivity index (χ4v) is 8.02. The lowest BCUT2D eigenvalue weighted by Crippen LogP contribution is -2.11. The minimum absolute atomic E-state index is 0.0677. The van der Waals surface area contributed by atoms with E-state index < -0.39 is 23.9 Å². The largest absolute Gasteiger partial charge is 0.494 e. The van der Waals surface area contributed by atoms with Crippen LogP contribution in [0.4, 0.5) is 11.4 Å². The van der Waals surface area contributed by atoms with Crippen molar-refractivity contribution in [2.45, 2.75) is 123 Å². The van der Waals surface area contributed by atoms with Crippen molar-refractivity contribution in [3.8, 4) is 23.0 Å². The van der Waals surface area contributed by atoms with Crippen molar-refractivity contribution >= 4 is 47.7 Å². The van der Waals surface area contributed by atoms with Crippen LogP contribution in [0.5, 0.6) is 23.0 Å². The van der Waals surface area contributed by atoms with Gasteiger partial charge in [-0.05, 0) is 170 Å². The van der Waals surface area contributed by atoms with Crippen LogP contribution in [-0.2, 0) is 9.47 Å². The molecule has 12 heteroatoms. The molecule has 0 fully saturated rings. The van der Waals surface area contributed by atoms with Gasteiger partial charge in [-0.3, -0.25) is 9.98 Å². The second-order valence-corrected chi connectivity index (χ2v) is 18.8. The van der Waals surface area contributed by atoms with E-state index in [1.807, 2.05) is 0 Å². The molecule has 0 heterocycles. The minimum atomic E-state index is -0.502. The van der Waals surface area contributed by atoms with Crippen LogP contribution in [0.3, 0.4) is 0 Å². The number of carbonyl (C=O) groups is 4. The van der Waals surface area contributed by atoms with Gasteiger partial charge in [-0.15, -0.1) is 0 Å². The molecule has 0 aliphatic heterocycles. The Morgan fingerprint density at radius 3 is 0.974 bits per heavy atom. The first-order valence-corrected chi connectivity index (χ1v) is 27.5. The summed E-state index contributed by atoms with van der Waals surface area (Å²) in [6.45, 7) is 5.93. The molecule has 6 aromatic carbocycles. The number of benzene rings is 6. The highest BCUT2D eigenvalue weighted by Crippen LogP contribution is 2.22. The smallest absolute Gasteiger partial charge is 0.343 e. The number of rotatable bonds is 34. The second kappa shape index (κ2) is 33.9. The van der Waals surface area contributed by atoms with E-state index in [2.05, 4.69) is 23.8 Å². The summed E-state index contributed by atoms with van der Waals surface area (Å²) in [6.07, 6.45) is 23.5. The highest BCUT2D eigenvalue weighted by Gasteiger charge is 2.13. The molecule has 0 bridgehead atoms. The third kappa shape index (κ3) is 22.1. The Morgan fingerprint density at radius 2 is 0.623 bits per heavy atom. The zero-order valence-electron chi connectivity index (χ0n) is 44.8. The Kier molecular flexibility index (Phi) is 25.7. The number of hydrogen-bond acceptors (Lipinski definition) is 12. The standard InChI is InChI=1S/C65H74N2O10/c1-3-5-7-9-11-13-15-17-44-72-58-40-28-54(29-41-58)64(70)76-60-36-20-50(21-37-60)48-66-56-32-24-52(25-33-56)62(68)74-46-19-47-75-63(69)53-26-34-57(35-27-53)67-49-51-22-38-61(39-23-51)77-65(71)55-30-42-59(43-31-55)73-45-18-16-14-12-10-8-6-4-2/h20-43,48-49H,3-19,44-47H2,1-2H3. The van der Waals surface area contributed by atoms with Gasteiger partial charge in [0.05, 0.1) is 60.1 Å². The third-order valence-corrected chi connectivity index (χ3v) is 12.6. The van der Waals surface area contributed by atoms with E-state index in [4.69, 9.17) is 28.4 Å². The van der Waals surface area contributed by atoms with Gasteiger partial charge in [-0.25, -0.2) is 19.2 Å². The van der Waals surface area contributed by atoms with Gasteiger partial charge < -0.3 is 28.4 Å². The second-order valence-electron chi connectivity index (χ2n) is 18.8. The van der Waals surface area contributed by atoms with Gasteiger partial charge in [0.2, 0.25) is 0 Å². The number of hydrogen-bond donors (Lipinski definition) is 0. The summed E-state index contributed by atoms with van der Waals surface area (Å²) in [4.78, 5) is 59.9. The number of carbonyl (C=O) groups excluding carboxylic acids is 4. The lowest BCUT2D eigenvalue weighted by molar-refractivity contribution is 0.0395. The Bertz CT molecular complexity index is 2540. The van der Waals surface area contributed by atoms with Crippen LogP contribution >= 0.6 is 0 Å². The summed E-state index contributed by atoms with van der Waals surface area (Å²) in [5.74, 6) is 0.372. The lowest BCUT2D eigenvalue weighted by atomic mass is 10.1. The predicted octanol–water partition coefficient (Wildman–Crippen LogP) is 16.1. The minimum Gasteiger partial charge on any atom is -0.494 e. The summed E-state index contributed by atoms with van der Waals surface area (Å²) < 4.78 is 33.6. The van der Waals surface area contributed by atoms with Gasteiger partial charge in [0.25, 0.3) is 0 Å². The van der Waals surface area contributed by atoms with Crippen molar-refractivity contribution < 1.29 is 47.6 Å². The molecule has 0 N–H and O–H groups in total. The maximum absolute atomic E-state index is 12.8. The molecule has 0 aromatic heterocycles. The van der Waals surface area contributed by atoms with Gasteiger partial charge in [-0.2, -0.15) is 0 Å². The lowest BCUT2D eigenvalue weighted by Gasteiger charge is -2.08. The normalized spacial score (nSPS) is 11.1. The molecule has 0 atom stereocenters. The fourth-order valence-electron chi connectivity index (χ4n) is 8.02. The van der Waals surface area contributed by atoms with E-state index in [9.17, 15) is 19.2 Å². The van der Waals surface area contributed by atoms with Crippen molar-refractivity contribution in [2.75, 3.05) is 26.4 Å². The maximum Gasteiger partial charge on any atom is 0.343 e. The number of esters is 4. The molecule has 0 saturated carbocycles. The zero-order chi connectivity index (χ0) is 54.1. The van der Waals surface area contributed by atoms with Crippen molar-refractivity contribution in [3.63, 3.8) is 0 Å². The number of aliphatic imine (C=N–C) groups is 2. The van der Waals surface area contributed by atoms with Crippen LogP contribution in [-0.4, -0.2) is 62.7 Å². The molecule has 6 rings (SSSR count). The molecule has 0 saturated heterocycles. The molecule has 0 radical (unpaired) electrons. The monoisotopic (exact) mass is 1040 g/mol. The van der Waals surface area contributed by atoms with Gasteiger partial charge in [0.1, 0.15) is 23.0 Å². The van der Waals surface area contributed by atoms with E-state index in [0.29, 0.717) is 64.8 Å². The average Bonchev–Trinajstić information content (AvgIpc) is 3.46. The van der Waals surface area contributed by atoms with E-state index in [0.717, 1.165) is 48.3 Å². The van der Waals surface area contributed by atoms with Crippen LogP contribution < -0.4 is 18.9 Å². The van der Waals surface area contributed by atoms with Crippen LogP contribution in [0.2, 0.25) is 0 Å². The average molecular weight is 1040 g/mol. The molecule has 0 unspecified atom stereocenters. The molecule has 0 aliphatic rings. The SMILES string of the molecule is CCCCCCCCCCOc1ccc(C(=O)Oc2ccc(C=Nc3ccc(C(=O)OCCCOC(=O)c4ccc(N=Cc5ccc(OC(=O)c6ccc(OCCCCCCCCCC)cc6)cc5)cc4)cc3)cc2)cc1. The number of unbranched alkanes of at least 4 members (excludes halogenated alkanes) is 14. The first kappa shape index (κ1) is 58.4. The van der Waals surface area contributed by atoms with Crippen LogP contribution in [0, 0.1) is 0 Å². The van der Waals surface area contributed by atoms with Gasteiger partial charge in [0, 0.05) is 18.9 Å². The molecule has 0 spiro atoms. The summed E-state index contributed by atoms with van der Waals surface area (Å²) in [5, 5.41) is 0. The molecule has 0 amide bonds. The molecule has 12 nitrogen and oxygen atoms in total. The topological polar surface area (TPSA) is 148 Å². The van der Waals surface area contributed by atoms with Crippen LogP contribution in [0.1, 0.15) is 176 Å². The maximum atomic E-state index is 12.8. The Morgan fingerprint density at radius 1 is 0.325 bits per heavy atom.